The summed E-state index contributed by atoms with van der Waals surface area (Å²) in [4.78, 5) is 23.5. The van der Waals surface area contributed by atoms with Gasteiger partial charge in [0.2, 0.25) is 0 Å². The molecule has 2 aromatic rings. The topological polar surface area (TPSA) is 44.0 Å². The van der Waals surface area contributed by atoms with Crippen molar-refractivity contribution in [1.29, 1.82) is 0 Å². The molecule has 2 rings (SSSR count). The Hall–Kier alpha value is -1.17. The van der Waals surface area contributed by atoms with Crippen LogP contribution >= 0.6 is 35.0 Å². The molecular weight excluding hydrogens is 319 g/mol. The van der Waals surface area contributed by atoms with E-state index in [-0.39, 0.29) is 11.2 Å². The van der Waals surface area contributed by atoms with Gasteiger partial charge < -0.3 is 0 Å². The zero-order chi connectivity index (χ0) is 14.9. The molecular formula is C13H12Cl2N2O2S. The summed E-state index contributed by atoms with van der Waals surface area (Å²) in [5.74, 6) is 0.485. The van der Waals surface area contributed by atoms with Gasteiger partial charge in [0.1, 0.15) is 0 Å². The fraction of sp³-hybridized carbons (Fsp3) is 0.231. The number of rotatable bonds is 3. The molecule has 106 valence electrons. The van der Waals surface area contributed by atoms with Gasteiger partial charge in [-0.15, -0.1) is 11.8 Å². The quantitative estimate of drug-likeness (QED) is 0.642. The molecule has 1 heterocycles. The van der Waals surface area contributed by atoms with Crippen LogP contribution in [0.15, 0.2) is 38.9 Å². The molecule has 0 saturated carbocycles. The number of nitrogens with zero attached hydrogens (tertiary/aromatic N) is 2. The first kappa shape index (κ1) is 15.2. The van der Waals surface area contributed by atoms with Crippen LogP contribution in [-0.4, -0.2) is 9.13 Å². The summed E-state index contributed by atoms with van der Waals surface area (Å²) in [6, 6.07) is 6.71. The predicted molar refractivity (Wildman–Crippen MR) is 82.9 cm³/mol. The molecule has 0 spiro atoms. The van der Waals surface area contributed by atoms with Crippen molar-refractivity contribution >= 4 is 35.0 Å². The fourth-order valence-electron chi connectivity index (χ4n) is 1.67. The molecule has 7 heteroatoms. The second-order valence-electron chi connectivity index (χ2n) is 4.21. The highest BCUT2D eigenvalue weighted by Gasteiger charge is 2.10. The minimum atomic E-state index is -0.356. The maximum Gasteiger partial charge on any atom is 0.331 e. The Morgan fingerprint density at radius 2 is 1.70 bits per heavy atom. The van der Waals surface area contributed by atoms with Gasteiger partial charge in [0.25, 0.3) is 5.56 Å². The van der Waals surface area contributed by atoms with Crippen molar-refractivity contribution in [2.75, 3.05) is 0 Å². The van der Waals surface area contributed by atoms with Crippen molar-refractivity contribution in [3.05, 3.63) is 60.7 Å². The minimum Gasteiger partial charge on any atom is -0.291 e. The molecule has 0 aliphatic rings. The second kappa shape index (κ2) is 6.08. The van der Waals surface area contributed by atoms with E-state index in [2.05, 4.69) is 0 Å². The molecule has 0 saturated heterocycles. The van der Waals surface area contributed by atoms with Crippen LogP contribution in [0.4, 0.5) is 0 Å². The average molecular weight is 331 g/mol. The Morgan fingerprint density at radius 3 is 2.30 bits per heavy atom. The van der Waals surface area contributed by atoms with Gasteiger partial charge in [-0.1, -0.05) is 29.3 Å². The van der Waals surface area contributed by atoms with Gasteiger partial charge in [-0.25, -0.2) is 4.79 Å². The number of hydrogen-bond acceptors (Lipinski definition) is 3. The van der Waals surface area contributed by atoms with Crippen molar-refractivity contribution in [2.45, 2.75) is 10.8 Å². The summed E-state index contributed by atoms with van der Waals surface area (Å²) in [6.07, 6.45) is 0. The molecule has 0 aliphatic heterocycles. The number of hydrogen-bond donors (Lipinski definition) is 0. The summed E-state index contributed by atoms with van der Waals surface area (Å²) in [7, 11) is 3.07. The molecule has 1 aromatic heterocycles. The van der Waals surface area contributed by atoms with Gasteiger partial charge >= 0.3 is 5.69 Å². The zero-order valence-electron chi connectivity index (χ0n) is 10.9. The first-order valence-electron chi connectivity index (χ1n) is 5.74. The maximum absolute atomic E-state index is 11.8. The van der Waals surface area contributed by atoms with Crippen LogP contribution in [0.25, 0.3) is 0 Å². The maximum atomic E-state index is 11.8. The normalized spacial score (nSPS) is 10.8. The van der Waals surface area contributed by atoms with Gasteiger partial charge in [0.05, 0.1) is 5.03 Å². The smallest absolute Gasteiger partial charge is 0.291 e. The van der Waals surface area contributed by atoms with E-state index in [0.717, 1.165) is 10.1 Å². The predicted octanol–water partition coefficient (Wildman–Crippen LogP) is 2.68. The lowest BCUT2D eigenvalue weighted by Crippen LogP contribution is -2.36. The fourth-order valence-corrected chi connectivity index (χ4v) is 3.42. The van der Waals surface area contributed by atoms with Crippen molar-refractivity contribution in [1.82, 2.24) is 9.13 Å². The lowest BCUT2D eigenvalue weighted by Gasteiger charge is -2.10. The molecule has 0 fully saturated rings. The molecule has 4 nitrogen and oxygen atoms in total. The monoisotopic (exact) mass is 330 g/mol. The molecule has 0 atom stereocenters. The molecule has 0 aliphatic carbocycles. The van der Waals surface area contributed by atoms with E-state index in [9.17, 15) is 9.59 Å². The SMILES string of the molecule is Cn1c(SCc2c(Cl)cccc2Cl)cc(=O)n(C)c1=O. The van der Waals surface area contributed by atoms with Crippen LogP contribution in [-0.2, 0) is 19.8 Å². The second-order valence-corrected chi connectivity index (χ2v) is 6.02. The van der Waals surface area contributed by atoms with Crippen LogP contribution in [0, 0.1) is 0 Å². The number of thioether (sulfide) groups is 1. The summed E-state index contributed by atoms with van der Waals surface area (Å²) in [5, 5.41) is 1.71. The Morgan fingerprint density at radius 1 is 1.10 bits per heavy atom. The Balaban J connectivity index is 2.33. The van der Waals surface area contributed by atoms with Gasteiger partial charge in [-0.2, -0.15) is 0 Å². The molecule has 0 bridgehead atoms. The highest BCUT2D eigenvalue weighted by Crippen LogP contribution is 2.30. The summed E-state index contributed by atoms with van der Waals surface area (Å²) >= 11 is 13.5. The number of halogens is 2. The van der Waals surface area contributed by atoms with E-state index >= 15 is 0 Å². The van der Waals surface area contributed by atoms with E-state index in [0.29, 0.717) is 20.8 Å². The van der Waals surface area contributed by atoms with E-state index < -0.39 is 0 Å². The minimum absolute atomic E-state index is 0.333. The zero-order valence-corrected chi connectivity index (χ0v) is 13.2. The molecule has 0 amide bonds. The third-order valence-corrected chi connectivity index (χ3v) is 4.74. The molecule has 0 unspecified atom stereocenters. The average Bonchev–Trinajstić information content (AvgIpc) is 2.41. The number of aromatic nitrogens is 2. The van der Waals surface area contributed by atoms with Crippen molar-refractivity contribution in [3.63, 3.8) is 0 Å². The van der Waals surface area contributed by atoms with E-state index in [4.69, 9.17) is 23.2 Å². The van der Waals surface area contributed by atoms with Gasteiger partial charge in [0.15, 0.2) is 0 Å². The lowest BCUT2D eigenvalue weighted by molar-refractivity contribution is 0.636. The summed E-state index contributed by atoms with van der Waals surface area (Å²) in [6.45, 7) is 0. The van der Waals surface area contributed by atoms with Crippen LogP contribution in [0.5, 0.6) is 0 Å². The van der Waals surface area contributed by atoms with E-state index in [1.54, 1.807) is 25.2 Å². The Kier molecular flexibility index (Phi) is 4.62. The highest BCUT2D eigenvalue weighted by atomic mass is 35.5. The van der Waals surface area contributed by atoms with E-state index in [1.165, 1.54) is 29.4 Å². The standard InChI is InChI=1S/C13H12Cl2N2O2S/c1-16-11(18)6-12(17(2)13(16)19)20-7-8-9(14)4-3-5-10(8)15/h3-6H,7H2,1-2H3. The van der Waals surface area contributed by atoms with Crippen LogP contribution < -0.4 is 11.2 Å². The summed E-state index contributed by atoms with van der Waals surface area (Å²) < 4.78 is 2.49. The van der Waals surface area contributed by atoms with Gasteiger partial charge in [-0.05, 0) is 17.7 Å². The Bertz CT molecular complexity index is 748. The first-order chi connectivity index (χ1) is 9.41. The van der Waals surface area contributed by atoms with Gasteiger partial charge in [-0.3, -0.25) is 13.9 Å². The van der Waals surface area contributed by atoms with Crippen LogP contribution in [0.2, 0.25) is 10.0 Å². The molecule has 0 N–H and O–H groups in total. The number of benzene rings is 1. The van der Waals surface area contributed by atoms with Crippen molar-refractivity contribution < 1.29 is 0 Å². The third kappa shape index (κ3) is 2.95. The highest BCUT2D eigenvalue weighted by molar-refractivity contribution is 7.98. The summed E-state index contributed by atoms with van der Waals surface area (Å²) in [5.41, 5.74) is 0.0973. The van der Waals surface area contributed by atoms with Crippen molar-refractivity contribution in [2.24, 2.45) is 14.1 Å². The third-order valence-electron chi connectivity index (χ3n) is 2.91. The largest absolute Gasteiger partial charge is 0.331 e. The Labute approximate surface area is 129 Å². The first-order valence-corrected chi connectivity index (χ1v) is 7.48. The van der Waals surface area contributed by atoms with Crippen LogP contribution in [0.3, 0.4) is 0 Å². The van der Waals surface area contributed by atoms with Crippen molar-refractivity contribution in [3.8, 4) is 0 Å². The molecule has 0 radical (unpaired) electrons. The molecule has 20 heavy (non-hydrogen) atoms. The molecule has 1 aromatic carbocycles. The van der Waals surface area contributed by atoms with E-state index in [1.807, 2.05) is 0 Å². The lowest BCUT2D eigenvalue weighted by atomic mass is 10.2. The van der Waals surface area contributed by atoms with Crippen LogP contribution in [0.1, 0.15) is 5.56 Å². The van der Waals surface area contributed by atoms with Gasteiger partial charge in [0, 0.05) is 36.0 Å².